The number of halogens is 2. The Morgan fingerprint density at radius 2 is 2.12 bits per heavy atom. The Morgan fingerprint density at radius 3 is 2.71 bits per heavy atom. The van der Waals surface area contributed by atoms with Gasteiger partial charge in [0.2, 0.25) is 5.91 Å². The molecule has 0 aliphatic rings. The largest absolute Gasteiger partial charge is 0.393 e. The molecule has 0 heterocycles. The lowest BCUT2D eigenvalue weighted by atomic mass is 10.1. The Kier molecular flexibility index (Phi) is 4.57. The number of carbonyl (C=O) groups excluding carboxylic acids is 1. The lowest BCUT2D eigenvalue weighted by Gasteiger charge is -2.09. The van der Waals surface area contributed by atoms with Crippen LogP contribution in [-0.4, -0.2) is 17.1 Å². The van der Waals surface area contributed by atoms with Gasteiger partial charge in [-0.1, -0.05) is 6.07 Å². The van der Waals surface area contributed by atoms with Gasteiger partial charge in [-0.25, -0.2) is 8.78 Å². The Bertz CT molecular complexity index is 419. The fourth-order valence-electron chi connectivity index (χ4n) is 1.31. The first kappa shape index (κ1) is 13.6. The number of nitrogens with one attached hydrogen (secondary N) is 1. The van der Waals surface area contributed by atoms with Gasteiger partial charge in [0.15, 0.2) is 5.82 Å². The second-order valence-electron chi connectivity index (χ2n) is 3.99. The zero-order valence-corrected chi connectivity index (χ0v) is 9.76. The van der Waals surface area contributed by atoms with Gasteiger partial charge in [0.1, 0.15) is 11.5 Å². The van der Waals surface area contributed by atoms with Crippen LogP contribution in [0.25, 0.3) is 0 Å². The molecule has 94 valence electrons. The van der Waals surface area contributed by atoms with E-state index in [0.717, 1.165) is 6.07 Å². The Morgan fingerprint density at radius 1 is 1.47 bits per heavy atom. The minimum atomic E-state index is -0.807. The van der Waals surface area contributed by atoms with E-state index in [1.54, 1.807) is 6.92 Å². The van der Waals surface area contributed by atoms with Crippen molar-refractivity contribution < 1.29 is 18.7 Å². The summed E-state index contributed by atoms with van der Waals surface area (Å²) in [7, 11) is 0. The monoisotopic (exact) mass is 243 g/mol. The molecule has 1 aromatic carbocycles. The summed E-state index contributed by atoms with van der Waals surface area (Å²) in [6.07, 6.45) is -0.348. The third-order valence-electron chi connectivity index (χ3n) is 2.34. The second kappa shape index (κ2) is 5.72. The highest BCUT2D eigenvalue weighted by atomic mass is 19.1. The highest BCUT2D eigenvalue weighted by molar-refractivity contribution is 5.91. The van der Waals surface area contributed by atoms with Crippen LogP contribution in [0.1, 0.15) is 25.3 Å². The van der Waals surface area contributed by atoms with E-state index in [2.05, 4.69) is 5.32 Å². The summed E-state index contributed by atoms with van der Waals surface area (Å²) in [4.78, 5) is 11.4. The molecular weight excluding hydrogens is 228 g/mol. The molecule has 1 amide bonds. The Labute approximate surface area is 98.5 Å². The van der Waals surface area contributed by atoms with E-state index in [4.69, 9.17) is 5.11 Å². The van der Waals surface area contributed by atoms with E-state index in [1.807, 2.05) is 0 Å². The van der Waals surface area contributed by atoms with Crippen molar-refractivity contribution >= 4 is 11.6 Å². The number of aliphatic hydroxyl groups excluding tert-OH is 1. The van der Waals surface area contributed by atoms with E-state index in [9.17, 15) is 13.6 Å². The van der Waals surface area contributed by atoms with Crippen molar-refractivity contribution in [3.05, 3.63) is 29.3 Å². The lowest BCUT2D eigenvalue weighted by Crippen LogP contribution is -2.16. The lowest BCUT2D eigenvalue weighted by molar-refractivity contribution is -0.116. The maximum Gasteiger partial charge on any atom is 0.224 e. The predicted molar refractivity (Wildman–Crippen MR) is 60.6 cm³/mol. The normalized spacial score (nSPS) is 12.3. The zero-order chi connectivity index (χ0) is 13.0. The van der Waals surface area contributed by atoms with Crippen LogP contribution < -0.4 is 5.32 Å². The van der Waals surface area contributed by atoms with Gasteiger partial charge in [-0.05, 0) is 31.9 Å². The van der Waals surface area contributed by atoms with E-state index in [-0.39, 0.29) is 18.4 Å². The molecular formula is C12H15F2NO2. The molecule has 1 unspecified atom stereocenters. The molecule has 17 heavy (non-hydrogen) atoms. The van der Waals surface area contributed by atoms with Gasteiger partial charge in [0.05, 0.1) is 6.10 Å². The van der Waals surface area contributed by atoms with Crippen molar-refractivity contribution in [3.63, 3.8) is 0 Å². The summed E-state index contributed by atoms with van der Waals surface area (Å²) >= 11 is 0. The number of hydrogen-bond acceptors (Lipinski definition) is 2. The molecule has 1 rings (SSSR count). The SMILES string of the molecule is Cc1ccc(F)c(NC(=O)CCC(C)O)c1F. The number of rotatable bonds is 4. The van der Waals surface area contributed by atoms with Gasteiger partial charge in [0.25, 0.3) is 0 Å². The Hall–Kier alpha value is -1.49. The zero-order valence-electron chi connectivity index (χ0n) is 9.76. The number of anilines is 1. The summed E-state index contributed by atoms with van der Waals surface area (Å²) in [6.45, 7) is 3.03. The van der Waals surface area contributed by atoms with E-state index >= 15 is 0 Å². The minimum absolute atomic E-state index is 0.0183. The van der Waals surface area contributed by atoms with Gasteiger partial charge < -0.3 is 10.4 Å². The molecule has 5 heteroatoms. The highest BCUT2D eigenvalue weighted by Crippen LogP contribution is 2.21. The van der Waals surface area contributed by atoms with Crippen molar-refractivity contribution in [2.24, 2.45) is 0 Å². The van der Waals surface area contributed by atoms with Crippen LogP contribution in [0.3, 0.4) is 0 Å². The summed E-state index contributed by atoms with van der Waals surface area (Å²) in [5.41, 5.74) is -0.169. The average molecular weight is 243 g/mol. The highest BCUT2D eigenvalue weighted by Gasteiger charge is 2.14. The summed E-state index contributed by atoms with van der Waals surface area (Å²) in [6, 6.07) is 2.40. The maximum atomic E-state index is 13.5. The Balaban J connectivity index is 2.74. The minimum Gasteiger partial charge on any atom is -0.393 e. The first-order valence-electron chi connectivity index (χ1n) is 5.34. The van der Waals surface area contributed by atoms with Crippen LogP contribution in [0.5, 0.6) is 0 Å². The molecule has 0 saturated heterocycles. The van der Waals surface area contributed by atoms with Gasteiger partial charge in [0, 0.05) is 6.42 Å². The van der Waals surface area contributed by atoms with Crippen LogP contribution in [0.2, 0.25) is 0 Å². The first-order valence-corrected chi connectivity index (χ1v) is 5.34. The summed E-state index contributed by atoms with van der Waals surface area (Å²) < 4.78 is 26.8. The van der Waals surface area contributed by atoms with Crippen molar-refractivity contribution in [2.75, 3.05) is 5.32 Å². The molecule has 3 nitrogen and oxygen atoms in total. The third-order valence-corrected chi connectivity index (χ3v) is 2.34. The van der Waals surface area contributed by atoms with Crippen LogP contribution in [0.15, 0.2) is 12.1 Å². The van der Waals surface area contributed by atoms with Gasteiger partial charge in [-0.3, -0.25) is 4.79 Å². The molecule has 0 aromatic heterocycles. The standard InChI is InChI=1S/C12H15F2NO2/c1-7-3-5-9(13)12(11(7)14)15-10(17)6-4-8(2)16/h3,5,8,16H,4,6H2,1-2H3,(H,15,17). The molecule has 0 spiro atoms. The molecule has 1 atom stereocenters. The van der Waals surface area contributed by atoms with E-state index in [0.29, 0.717) is 0 Å². The number of hydrogen-bond donors (Lipinski definition) is 2. The van der Waals surface area contributed by atoms with Crippen LogP contribution in [-0.2, 0) is 4.79 Å². The smallest absolute Gasteiger partial charge is 0.224 e. The molecule has 1 aromatic rings. The summed E-state index contributed by atoms with van der Waals surface area (Å²) in [5.74, 6) is -2.09. The van der Waals surface area contributed by atoms with Gasteiger partial charge in [-0.2, -0.15) is 0 Å². The maximum absolute atomic E-state index is 13.5. The number of amides is 1. The topological polar surface area (TPSA) is 49.3 Å². The molecule has 0 bridgehead atoms. The van der Waals surface area contributed by atoms with Crippen LogP contribution in [0.4, 0.5) is 14.5 Å². The van der Waals surface area contributed by atoms with E-state index < -0.39 is 29.3 Å². The number of aliphatic hydroxyl groups is 1. The number of aryl methyl sites for hydroxylation is 1. The third kappa shape index (κ3) is 3.78. The summed E-state index contributed by atoms with van der Waals surface area (Å²) in [5, 5.41) is 11.2. The van der Waals surface area contributed by atoms with E-state index in [1.165, 1.54) is 13.0 Å². The van der Waals surface area contributed by atoms with Crippen molar-refractivity contribution in [2.45, 2.75) is 32.8 Å². The molecule has 0 aliphatic heterocycles. The van der Waals surface area contributed by atoms with Crippen molar-refractivity contribution in [1.29, 1.82) is 0 Å². The predicted octanol–water partition coefficient (Wildman–Crippen LogP) is 2.37. The van der Waals surface area contributed by atoms with Gasteiger partial charge in [-0.15, -0.1) is 0 Å². The first-order chi connectivity index (χ1) is 7.91. The van der Waals surface area contributed by atoms with Gasteiger partial charge >= 0.3 is 0 Å². The number of carbonyl (C=O) groups is 1. The number of benzene rings is 1. The average Bonchev–Trinajstić information content (AvgIpc) is 2.27. The van der Waals surface area contributed by atoms with Crippen molar-refractivity contribution in [3.8, 4) is 0 Å². The molecule has 0 fully saturated rings. The van der Waals surface area contributed by atoms with Crippen LogP contribution in [0, 0.1) is 18.6 Å². The molecule has 0 saturated carbocycles. The fraction of sp³-hybridized carbons (Fsp3) is 0.417. The second-order valence-corrected chi connectivity index (χ2v) is 3.99. The molecule has 2 N–H and O–H groups in total. The molecule has 0 aliphatic carbocycles. The fourth-order valence-corrected chi connectivity index (χ4v) is 1.31. The molecule has 0 radical (unpaired) electrons. The van der Waals surface area contributed by atoms with Crippen molar-refractivity contribution in [1.82, 2.24) is 0 Å². The van der Waals surface area contributed by atoms with Crippen LogP contribution >= 0.6 is 0 Å². The quantitative estimate of drug-likeness (QED) is 0.853.